The summed E-state index contributed by atoms with van der Waals surface area (Å²) in [4.78, 5) is 27.3. The van der Waals surface area contributed by atoms with Crippen molar-refractivity contribution in [2.24, 2.45) is 0 Å². The molecule has 8 nitrogen and oxygen atoms in total. The molecule has 0 radical (unpaired) electrons. The van der Waals surface area contributed by atoms with Gasteiger partial charge in [0.25, 0.3) is 5.91 Å². The first-order valence-electron chi connectivity index (χ1n) is 11.4. The monoisotopic (exact) mass is 492 g/mol. The van der Waals surface area contributed by atoms with Gasteiger partial charge in [0.1, 0.15) is 11.5 Å². The van der Waals surface area contributed by atoms with Gasteiger partial charge in [-0.3, -0.25) is 4.79 Å². The summed E-state index contributed by atoms with van der Waals surface area (Å²) < 4.78 is 10.6. The van der Waals surface area contributed by atoms with E-state index in [1.54, 1.807) is 24.3 Å². The molecule has 9 heteroatoms. The smallest absolute Gasteiger partial charge is 0.323 e. The van der Waals surface area contributed by atoms with Crippen molar-refractivity contribution in [1.29, 1.82) is 0 Å². The number of nitrogens with one attached hydrogen (secondary N) is 3. The largest absolute Gasteiger partial charge is 0.500 e. The summed E-state index contributed by atoms with van der Waals surface area (Å²) in [6.45, 7) is 13.1. The summed E-state index contributed by atoms with van der Waals surface area (Å²) in [6, 6.07) is 4.34. The standard InChI is InChI=1S/C25H37ClN4O4/c1-7-14-30(10-4)15-13-27-24(31)20-12-11-19(17-23(20)34-6)29-25(32)28-18(8-2)16-21(26)22(9-3)33-5/h8,11-12,16-17H,2,7,9-10,13-15H2,1,3-6H3,(H,27,31)(H2,28,29,32)/b18-16+,22-21-. The van der Waals surface area contributed by atoms with Crippen molar-refractivity contribution in [3.05, 3.63) is 59.0 Å². The van der Waals surface area contributed by atoms with E-state index in [0.717, 1.165) is 26.1 Å². The van der Waals surface area contributed by atoms with E-state index in [0.29, 0.717) is 46.5 Å². The zero-order valence-electron chi connectivity index (χ0n) is 20.8. The molecule has 0 aliphatic carbocycles. The van der Waals surface area contributed by atoms with E-state index in [-0.39, 0.29) is 5.91 Å². The Labute approximate surface area is 208 Å². The van der Waals surface area contributed by atoms with Gasteiger partial charge in [0.15, 0.2) is 0 Å². The van der Waals surface area contributed by atoms with Crippen LogP contribution in [0.15, 0.2) is 53.4 Å². The zero-order valence-corrected chi connectivity index (χ0v) is 21.6. The number of benzene rings is 1. The molecule has 1 aromatic rings. The molecule has 0 saturated carbocycles. The van der Waals surface area contributed by atoms with E-state index in [4.69, 9.17) is 21.1 Å². The number of allylic oxidation sites excluding steroid dienone is 4. The molecule has 3 N–H and O–H groups in total. The van der Waals surface area contributed by atoms with Gasteiger partial charge in [-0.2, -0.15) is 0 Å². The number of carbonyl (C=O) groups excluding carboxylic acids is 2. The molecule has 188 valence electrons. The molecule has 0 aliphatic heterocycles. The second-order valence-electron chi connectivity index (χ2n) is 7.32. The highest BCUT2D eigenvalue weighted by Crippen LogP contribution is 2.23. The van der Waals surface area contributed by atoms with Gasteiger partial charge in [-0.15, -0.1) is 0 Å². The minimum absolute atomic E-state index is 0.233. The van der Waals surface area contributed by atoms with Crippen LogP contribution in [0.2, 0.25) is 0 Å². The Balaban J connectivity index is 2.83. The molecule has 1 rings (SSSR count). The normalized spacial score (nSPS) is 12.0. The van der Waals surface area contributed by atoms with Gasteiger partial charge < -0.3 is 30.3 Å². The van der Waals surface area contributed by atoms with E-state index in [1.165, 1.54) is 20.3 Å². The summed E-state index contributed by atoms with van der Waals surface area (Å²) in [5.41, 5.74) is 1.25. The Morgan fingerprint density at radius 3 is 2.47 bits per heavy atom. The Kier molecular flexibility index (Phi) is 13.5. The van der Waals surface area contributed by atoms with Crippen LogP contribution < -0.4 is 20.7 Å². The van der Waals surface area contributed by atoms with Gasteiger partial charge in [0, 0.05) is 37.0 Å². The van der Waals surface area contributed by atoms with Crippen molar-refractivity contribution in [3.63, 3.8) is 0 Å². The fourth-order valence-corrected chi connectivity index (χ4v) is 3.52. The molecule has 1 aromatic carbocycles. The zero-order chi connectivity index (χ0) is 25.5. The number of amides is 3. The number of methoxy groups -OCH3 is 2. The van der Waals surface area contributed by atoms with E-state index in [9.17, 15) is 9.59 Å². The summed E-state index contributed by atoms with van der Waals surface area (Å²) >= 11 is 6.23. The van der Waals surface area contributed by atoms with E-state index < -0.39 is 6.03 Å². The third-order valence-electron chi connectivity index (χ3n) is 5.00. The number of likely N-dealkylation sites (N-methyl/N-ethyl adjacent to an activating group) is 1. The van der Waals surface area contributed by atoms with Crippen LogP contribution in [0.4, 0.5) is 10.5 Å². The number of anilines is 1. The van der Waals surface area contributed by atoms with E-state index in [1.807, 2.05) is 6.92 Å². The van der Waals surface area contributed by atoms with Gasteiger partial charge >= 0.3 is 6.03 Å². The lowest BCUT2D eigenvalue weighted by atomic mass is 10.1. The maximum atomic E-state index is 12.6. The third-order valence-corrected chi connectivity index (χ3v) is 5.32. The summed E-state index contributed by atoms with van der Waals surface area (Å²) in [5, 5.41) is 8.67. The second-order valence-corrected chi connectivity index (χ2v) is 7.72. The van der Waals surface area contributed by atoms with Gasteiger partial charge in [-0.05, 0) is 43.8 Å². The SMILES string of the molecule is C=C/C(=C\C(Cl)=C(/CC)OC)NC(=O)Nc1ccc(C(=O)NCCN(CC)CCC)c(OC)c1. The van der Waals surface area contributed by atoms with Crippen LogP contribution in [-0.4, -0.2) is 57.2 Å². The maximum absolute atomic E-state index is 12.6. The van der Waals surface area contributed by atoms with Crippen LogP contribution in [0.5, 0.6) is 5.75 Å². The lowest BCUT2D eigenvalue weighted by molar-refractivity contribution is 0.0945. The minimum atomic E-state index is -0.499. The van der Waals surface area contributed by atoms with Crippen LogP contribution in [0.1, 0.15) is 44.0 Å². The van der Waals surface area contributed by atoms with Gasteiger partial charge in [0.05, 0.1) is 24.8 Å². The fraction of sp³-hybridized carbons (Fsp3) is 0.440. The molecule has 0 saturated heterocycles. The Hall–Kier alpha value is -2.97. The van der Waals surface area contributed by atoms with Crippen LogP contribution in [0.3, 0.4) is 0 Å². The minimum Gasteiger partial charge on any atom is -0.500 e. The van der Waals surface area contributed by atoms with E-state index in [2.05, 4.69) is 41.3 Å². The first-order valence-corrected chi connectivity index (χ1v) is 11.7. The molecule has 0 fully saturated rings. The Morgan fingerprint density at radius 2 is 1.91 bits per heavy atom. The van der Waals surface area contributed by atoms with Crippen molar-refractivity contribution in [2.45, 2.75) is 33.6 Å². The maximum Gasteiger partial charge on any atom is 0.323 e. The highest BCUT2D eigenvalue weighted by molar-refractivity contribution is 6.31. The van der Waals surface area contributed by atoms with Crippen molar-refractivity contribution in [3.8, 4) is 5.75 Å². The molecule has 0 heterocycles. The second kappa shape index (κ2) is 15.8. The number of urea groups is 1. The van der Waals surface area contributed by atoms with Crippen LogP contribution in [-0.2, 0) is 4.74 Å². The topological polar surface area (TPSA) is 91.9 Å². The van der Waals surface area contributed by atoms with Gasteiger partial charge in [-0.1, -0.05) is 39.0 Å². The highest BCUT2D eigenvalue weighted by Gasteiger charge is 2.14. The predicted octanol–water partition coefficient (Wildman–Crippen LogP) is 4.86. The first kappa shape index (κ1) is 29.1. The fourth-order valence-electron chi connectivity index (χ4n) is 3.19. The van der Waals surface area contributed by atoms with Gasteiger partial charge in [-0.25, -0.2) is 4.79 Å². The number of hydrogen-bond donors (Lipinski definition) is 3. The third kappa shape index (κ3) is 9.49. The molecular formula is C25H37ClN4O4. The van der Waals surface area contributed by atoms with Crippen molar-refractivity contribution in [2.75, 3.05) is 45.7 Å². The number of hydrogen-bond acceptors (Lipinski definition) is 5. The molecule has 0 aliphatic rings. The van der Waals surface area contributed by atoms with Crippen LogP contribution in [0, 0.1) is 0 Å². The van der Waals surface area contributed by atoms with E-state index >= 15 is 0 Å². The predicted molar refractivity (Wildman–Crippen MR) is 138 cm³/mol. The molecule has 0 spiro atoms. The van der Waals surface area contributed by atoms with Crippen molar-refractivity contribution in [1.82, 2.24) is 15.5 Å². The molecule has 0 aromatic heterocycles. The summed E-state index contributed by atoms with van der Waals surface area (Å²) in [6.07, 6.45) is 4.71. The molecule has 0 atom stereocenters. The van der Waals surface area contributed by atoms with Crippen LogP contribution >= 0.6 is 11.6 Å². The Bertz CT molecular complexity index is 893. The number of halogens is 1. The summed E-state index contributed by atoms with van der Waals surface area (Å²) in [7, 11) is 3.01. The van der Waals surface area contributed by atoms with Crippen molar-refractivity contribution < 1.29 is 19.1 Å². The number of nitrogens with zero attached hydrogens (tertiary/aromatic N) is 1. The average Bonchev–Trinajstić information content (AvgIpc) is 2.83. The molecule has 34 heavy (non-hydrogen) atoms. The number of carbonyl (C=O) groups is 2. The number of ether oxygens (including phenoxy) is 2. The lowest BCUT2D eigenvalue weighted by Gasteiger charge is -2.19. The average molecular weight is 493 g/mol. The van der Waals surface area contributed by atoms with Gasteiger partial charge in [0.2, 0.25) is 0 Å². The highest BCUT2D eigenvalue weighted by atomic mass is 35.5. The Morgan fingerprint density at radius 1 is 1.18 bits per heavy atom. The quantitative estimate of drug-likeness (QED) is 0.255. The molecule has 0 bridgehead atoms. The van der Waals surface area contributed by atoms with Crippen molar-refractivity contribution >= 4 is 29.2 Å². The first-order chi connectivity index (χ1) is 16.3. The molecule has 0 unspecified atom stereocenters. The van der Waals surface area contributed by atoms with Crippen LogP contribution in [0.25, 0.3) is 0 Å². The number of rotatable bonds is 14. The molecule has 3 amide bonds. The summed E-state index contributed by atoms with van der Waals surface area (Å²) in [5.74, 6) is 0.715. The molecular weight excluding hydrogens is 456 g/mol. The lowest BCUT2D eigenvalue weighted by Crippen LogP contribution is -2.35.